The highest BCUT2D eigenvalue weighted by Crippen LogP contribution is 2.29. The molecule has 1 N–H and O–H groups in total. The summed E-state index contributed by atoms with van der Waals surface area (Å²) in [7, 11) is 0. The normalized spacial score (nSPS) is 20.2. The quantitative estimate of drug-likeness (QED) is 0.902. The molecule has 0 amide bonds. The maximum Gasteiger partial charge on any atom is 0.0413 e. The second-order valence-corrected chi connectivity index (χ2v) is 8.49. The first-order chi connectivity index (χ1) is 9.35. The zero-order chi connectivity index (χ0) is 14.8. The second-order valence-electron chi connectivity index (χ2n) is 6.50. The van der Waals surface area contributed by atoms with Crippen LogP contribution in [0.2, 0.25) is 5.02 Å². The Balaban J connectivity index is 2.18. The van der Waals surface area contributed by atoms with Gasteiger partial charge in [0, 0.05) is 46.9 Å². The van der Waals surface area contributed by atoms with Gasteiger partial charge in [0.2, 0.25) is 0 Å². The van der Waals surface area contributed by atoms with Gasteiger partial charge < -0.3 is 10.2 Å². The van der Waals surface area contributed by atoms with Crippen LogP contribution < -0.4 is 10.2 Å². The molecule has 0 aromatic heterocycles. The lowest BCUT2D eigenvalue weighted by atomic mass is 10.1. The number of halogens is 1. The van der Waals surface area contributed by atoms with Crippen LogP contribution in [0.5, 0.6) is 0 Å². The average Bonchev–Trinajstić information content (AvgIpc) is 2.35. The summed E-state index contributed by atoms with van der Waals surface area (Å²) in [4.78, 5) is 2.50. The minimum atomic E-state index is 0.116. The van der Waals surface area contributed by atoms with Crippen LogP contribution in [0, 0.1) is 0 Å². The molecule has 2 nitrogen and oxygen atoms in total. The maximum atomic E-state index is 6.18. The fourth-order valence-electron chi connectivity index (χ4n) is 2.40. The Bertz CT molecular complexity index is 456. The average molecular weight is 313 g/mol. The van der Waals surface area contributed by atoms with Gasteiger partial charge in [0.05, 0.1) is 0 Å². The van der Waals surface area contributed by atoms with Crippen molar-refractivity contribution in [3.8, 4) is 0 Å². The molecule has 20 heavy (non-hydrogen) atoms. The summed E-state index contributed by atoms with van der Waals surface area (Å²) >= 11 is 8.24. The van der Waals surface area contributed by atoms with Gasteiger partial charge in [-0.2, -0.15) is 11.8 Å². The fraction of sp³-hybridized carbons (Fsp3) is 0.625. The van der Waals surface area contributed by atoms with E-state index in [1.807, 2.05) is 6.07 Å². The van der Waals surface area contributed by atoms with Crippen molar-refractivity contribution < 1.29 is 0 Å². The highest BCUT2D eigenvalue weighted by atomic mass is 35.5. The first kappa shape index (κ1) is 16.0. The topological polar surface area (TPSA) is 15.3 Å². The van der Waals surface area contributed by atoms with E-state index in [1.165, 1.54) is 17.0 Å². The summed E-state index contributed by atoms with van der Waals surface area (Å²) < 4.78 is 0. The Kier molecular flexibility index (Phi) is 5.27. The highest BCUT2D eigenvalue weighted by molar-refractivity contribution is 8.00. The third-order valence-electron chi connectivity index (χ3n) is 3.43. The summed E-state index contributed by atoms with van der Waals surface area (Å²) in [6.45, 7) is 12.0. The van der Waals surface area contributed by atoms with Crippen molar-refractivity contribution >= 4 is 29.1 Å². The lowest BCUT2D eigenvalue weighted by molar-refractivity contribution is 0.424. The molecule has 1 aliphatic rings. The molecule has 1 atom stereocenters. The van der Waals surface area contributed by atoms with E-state index in [-0.39, 0.29) is 5.54 Å². The molecular weight excluding hydrogens is 288 g/mol. The van der Waals surface area contributed by atoms with Crippen LogP contribution in [-0.2, 0) is 6.54 Å². The van der Waals surface area contributed by atoms with Gasteiger partial charge in [0.25, 0.3) is 0 Å². The Labute approximate surface area is 132 Å². The monoisotopic (exact) mass is 312 g/mol. The number of thioether (sulfide) groups is 1. The molecule has 112 valence electrons. The minimum Gasteiger partial charge on any atom is -0.369 e. The minimum absolute atomic E-state index is 0.116. The molecule has 1 fully saturated rings. The van der Waals surface area contributed by atoms with Crippen LogP contribution in [0.25, 0.3) is 0 Å². The van der Waals surface area contributed by atoms with Gasteiger partial charge >= 0.3 is 0 Å². The van der Waals surface area contributed by atoms with E-state index < -0.39 is 0 Å². The van der Waals surface area contributed by atoms with Gasteiger partial charge in [-0.3, -0.25) is 0 Å². The molecule has 0 saturated carbocycles. The zero-order valence-electron chi connectivity index (χ0n) is 12.9. The van der Waals surface area contributed by atoms with Gasteiger partial charge in [0.15, 0.2) is 0 Å². The highest BCUT2D eigenvalue weighted by Gasteiger charge is 2.20. The van der Waals surface area contributed by atoms with Crippen LogP contribution in [0.1, 0.15) is 33.3 Å². The van der Waals surface area contributed by atoms with Crippen LogP contribution in [0.15, 0.2) is 18.2 Å². The lowest BCUT2D eigenvalue weighted by Crippen LogP contribution is -2.39. The smallest absolute Gasteiger partial charge is 0.0413 e. The number of nitrogens with zero attached hydrogens (tertiary/aromatic N) is 1. The van der Waals surface area contributed by atoms with Gasteiger partial charge in [0.1, 0.15) is 0 Å². The summed E-state index contributed by atoms with van der Waals surface area (Å²) in [6.07, 6.45) is 0. The van der Waals surface area contributed by atoms with Gasteiger partial charge in [-0.15, -0.1) is 0 Å². The Hall–Kier alpha value is -0.380. The van der Waals surface area contributed by atoms with Crippen molar-refractivity contribution in [1.82, 2.24) is 5.32 Å². The second kappa shape index (κ2) is 6.59. The van der Waals surface area contributed by atoms with Crippen LogP contribution in [0.3, 0.4) is 0 Å². The molecule has 0 spiro atoms. The summed E-state index contributed by atoms with van der Waals surface area (Å²) in [5.74, 6) is 1.20. The molecule has 1 aromatic rings. The van der Waals surface area contributed by atoms with Crippen molar-refractivity contribution in [2.45, 2.75) is 45.0 Å². The number of nitrogens with one attached hydrogen (secondary N) is 1. The van der Waals surface area contributed by atoms with Crippen molar-refractivity contribution in [2.24, 2.45) is 0 Å². The molecule has 0 bridgehead atoms. The number of anilines is 1. The van der Waals surface area contributed by atoms with E-state index in [4.69, 9.17) is 11.6 Å². The third-order valence-corrected chi connectivity index (χ3v) is 4.80. The molecule has 1 aliphatic heterocycles. The van der Waals surface area contributed by atoms with E-state index in [1.54, 1.807) is 0 Å². The fourth-order valence-corrected chi connectivity index (χ4v) is 3.61. The number of hydrogen-bond acceptors (Lipinski definition) is 3. The predicted molar refractivity (Wildman–Crippen MR) is 92.2 cm³/mol. The van der Waals surface area contributed by atoms with E-state index in [0.717, 1.165) is 24.7 Å². The summed E-state index contributed by atoms with van der Waals surface area (Å²) in [5, 5.41) is 5.08. The molecule has 0 radical (unpaired) electrons. The van der Waals surface area contributed by atoms with E-state index in [2.05, 4.69) is 61.8 Å². The van der Waals surface area contributed by atoms with Gasteiger partial charge in [-0.05, 0) is 44.5 Å². The molecule has 0 aliphatic carbocycles. The van der Waals surface area contributed by atoms with Gasteiger partial charge in [-0.1, -0.05) is 18.5 Å². The molecule has 1 unspecified atom stereocenters. The molecular formula is C16H25ClN2S. The first-order valence-corrected chi connectivity index (χ1v) is 8.68. The first-order valence-electron chi connectivity index (χ1n) is 7.25. The molecule has 1 heterocycles. The van der Waals surface area contributed by atoms with Crippen molar-refractivity contribution in [2.75, 3.05) is 23.7 Å². The lowest BCUT2D eigenvalue weighted by Gasteiger charge is -2.34. The third kappa shape index (κ3) is 4.57. The van der Waals surface area contributed by atoms with E-state index in [0.29, 0.717) is 5.25 Å². The maximum absolute atomic E-state index is 6.18. The van der Waals surface area contributed by atoms with Crippen LogP contribution in [-0.4, -0.2) is 29.6 Å². The van der Waals surface area contributed by atoms with Crippen molar-refractivity contribution in [3.05, 3.63) is 28.8 Å². The Morgan fingerprint density at radius 3 is 2.80 bits per heavy atom. The van der Waals surface area contributed by atoms with E-state index in [9.17, 15) is 0 Å². The summed E-state index contributed by atoms with van der Waals surface area (Å²) in [5.41, 5.74) is 2.75. The molecule has 2 rings (SSSR count). The largest absolute Gasteiger partial charge is 0.369 e. The number of hydrogen-bond donors (Lipinski definition) is 1. The molecule has 1 saturated heterocycles. The SMILES string of the molecule is CC1CN(c2ccc(Cl)cc2CNC(C)(C)C)CCS1. The van der Waals surface area contributed by atoms with Gasteiger partial charge in [-0.25, -0.2) is 0 Å². The van der Waals surface area contributed by atoms with Crippen molar-refractivity contribution in [1.29, 1.82) is 0 Å². The Morgan fingerprint density at radius 1 is 1.40 bits per heavy atom. The number of benzene rings is 1. The predicted octanol–water partition coefficient (Wildman–Crippen LogP) is 4.17. The van der Waals surface area contributed by atoms with E-state index >= 15 is 0 Å². The zero-order valence-corrected chi connectivity index (χ0v) is 14.4. The molecule has 4 heteroatoms. The Morgan fingerprint density at radius 2 is 2.15 bits per heavy atom. The molecule has 1 aromatic carbocycles. The van der Waals surface area contributed by atoms with Crippen LogP contribution in [0.4, 0.5) is 5.69 Å². The summed E-state index contributed by atoms with van der Waals surface area (Å²) in [6, 6.07) is 6.27. The standard InChI is InChI=1S/C16H25ClN2S/c1-12-11-19(7-8-20-12)15-6-5-14(17)9-13(15)10-18-16(2,3)4/h5-6,9,12,18H,7-8,10-11H2,1-4H3. The number of rotatable bonds is 3. The van der Waals surface area contributed by atoms with Crippen molar-refractivity contribution in [3.63, 3.8) is 0 Å². The van der Waals surface area contributed by atoms with Crippen LogP contribution >= 0.6 is 23.4 Å².